The van der Waals surface area contributed by atoms with Gasteiger partial charge >= 0.3 is 0 Å². The molecule has 0 saturated heterocycles. The number of nitrogens with zero attached hydrogens (tertiary/aromatic N) is 3. The van der Waals surface area contributed by atoms with Gasteiger partial charge in [-0.05, 0) is 5.41 Å². The fourth-order valence-electron chi connectivity index (χ4n) is 1.45. The van der Waals surface area contributed by atoms with Gasteiger partial charge < -0.3 is 0 Å². The predicted octanol–water partition coefficient (Wildman–Crippen LogP) is 0.860. The maximum atomic E-state index is 4.14. The normalized spacial score (nSPS) is 21.0. The average Bonchev–Trinajstić information content (AvgIpc) is 2.20. The Kier molecular flexibility index (Phi) is 0.938. The molecule has 0 atom stereocenters. The number of aromatic nitrogens is 3. The lowest BCUT2D eigenvalue weighted by molar-refractivity contribution is 0.346. The van der Waals surface area contributed by atoms with Gasteiger partial charge in [0.25, 0.3) is 0 Å². The van der Waals surface area contributed by atoms with Crippen LogP contribution in [-0.2, 0) is 13.0 Å². The van der Waals surface area contributed by atoms with Crippen LogP contribution in [0.3, 0.4) is 0 Å². The van der Waals surface area contributed by atoms with Crippen molar-refractivity contribution in [1.29, 1.82) is 0 Å². The molecule has 2 heterocycles. The van der Waals surface area contributed by atoms with Crippen LogP contribution in [0.25, 0.3) is 0 Å². The van der Waals surface area contributed by atoms with Crippen molar-refractivity contribution >= 4 is 0 Å². The number of rotatable bonds is 0. The second-order valence-electron chi connectivity index (χ2n) is 3.67. The molecule has 1 aliphatic heterocycles. The van der Waals surface area contributed by atoms with Crippen LogP contribution < -0.4 is 0 Å². The van der Waals surface area contributed by atoms with Crippen molar-refractivity contribution in [3.8, 4) is 0 Å². The predicted molar refractivity (Wildman–Crippen MR) is 37.5 cm³/mol. The van der Waals surface area contributed by atoms with Crippen LogP contribution in [-0.4, -0.2) is 14.8 Å². The fourth-order valence-corrected chi connectivity index (χ4v) is 1.45. The largest absolute Gasteiger partial charge is 0.250 e. The summed E-state index contributed by atoms with van der Waals surface area (Å²) in [6, 6.07) is 0. The minimum absolute atomic E-state index is 0.372. The first-order chi connectivity index (χ1) is 4.67. The van der Waals surface area contributed by atoms with E-state index in [2.05, 4.69) is 23.9 Å². The van der Waals surface area contributed by atoms with Gasteiger partial charge in [-0.2, -0.15) is 5.10 Å². The molecule has 0 unspecified atom stereocenters. The Bertz CT molecular complexity index is 227. The molecule has 2 rings (SSSR count). The molecule has 0 spiro atoms. The molecule has 3 heteroatoms. The second-order valence-corrected chi connectivity index (χ2v) is 3.67. The second kappa shape index (κ2) is 1.59. The highest BCUT2D eigenvalue weighted by Crippen LogP contribution is 2.28. The fraction of sp³-hybridized carbons (Fsp3) is 0.714. The van der Waals surface area contributed by atoms with Gasteiger partial charge in [-0.3, -0.25) is 0 Å². The van der Waals surface area contributed by atoms with E-state index < -0.39 is 0 Å². The monoisotopic (exact) mass is 137 g/mol. The van der Waals surface area contributed by atoms with Crippen LogP contribution >= 0.6 is 0 Å². The lowest BCUT2D eigenvalue weighted by Gasteiger charge is -2.13. The van der Waals surface area contributed by atoms with Crippen molar-refractivity contribution in [2.45, 2.75) is 26.8 Å². The quantitative estimate of drug-likeness (QED) is 0.531. The smallest absolute Gasteiger partial charge is 0.138 e. The topological polar surface area (TPSA) is 30.7 Å². The Balaban J connectivity index is 2.37. The van der Waals surface area contributed by atoms with Gasteiger partial charge in [0.05, 0.1) is 0 Å². The zero-order chi connectivity index (χ0) is 7.19. The summed E-state index contributed by atoms with van der Waals surface area (Å²) in [6.07, 6.45) is 2.69. The first kappa shape index (κ1) is 5.89. The molecule has 10 heavy (non-hydrogen) atoms. The van der Waals surface area contributed by atoms with Gasteiger partial charge in [0.15, 0.2) is 0 Å². The van der Waals surface area contributed by atoms with Gasteiger partial charge in [-0.25, -0.2) is 9.67 Å². The third-order valence-corrected chi connectivity index (χ3v) is 1.91. The molecule has 1 aromatic heterocycles. The standard InChI is InChI=1S/C7H11N3/c1-7(2)3-6-8-5-9-10(6)4-7/h5H,3-4H2,1-2H3. The number of hydrogen-bond acceptors (Lipinski definition) is 2. The molecule has 54 valence electrons. The van der Waals surface area contributed by atoms with Crippen LogP contribution in [0, 0.1) is 5.41 Å². The summed E-state index contributed by atoms with van der Waals surface area (Å²) in [6.45, 7) is 5.50. The van der Waals surface area contributed by atoms with Crippen molar-refractivity contribution in [3.63, 3.8) is 0 Å². The van der Waals surface area contributed by atoms with E-state index in [1.165, 1.54) is 0 Å². The zero-order valence-corrected chi connectivity index (χ0v) is 6.33. The first-order valence-corrected chi connectivity index (χ1v) is 3.54. The van der Waals surface area contributed by atoms with Crippen LogP contribution in [0.15, 0.2) is 6.33 Å². The molecule has 3 nitrogen and oxygen atoms in total. The van der Waals surface area contributed by atoms with E-state index in [9.17, 15) is 0 Å². The van der Waals surface area contributed by atoms with Crippen molar-refractivity contribution in [3.05, 3.63) is 12.2 Å². The third kappa shape index (κ3) is 0.735. The summed E-state index contributed by atoms with van der Waals surface area (Å²) in [5.74, 6) is 1.13. The Hall–Kier alpha value is -0.860. The van der Waals surface area contributed by atoms with E-state index in [1.807, 2.05) is 4.68 Å². The minimum atomic E-state index is 0.372. The van der Waals surface area contributed by atoms with Gasteiger partial charge in [0, 0.05) is 13.0 Å². The van der Waals surface area contributed by atoms with E-state index in [0.29, 0.717) is 5.41 Å². The molecule has 0 fully saturated rings. The van der Waals surface area contributed by atoms with Crippen molar-refractivity contribution in [2.75, 3.05) is 0 Å². The molecule has 0 amide bonds. The molecule has 0 bridgehead atoms. The molecule has 0 radical (unpaired) electrons. The summed E-state index contributed by atoms with van der Waals surface area (Å²) >= 11 is 0. The maximum Gasteiger partial charge on any atom is 0.138 e. The highest BCUT2D eigenvalue weighted by atomic mass is 15.3. The highest BCUT2D eigenvalue weighted by molar-refractivity contribution is 4.97. The molecule has 0 aliphatic carbocycles. The molecule has 1 aromatic rings. The zero-order valence-electron chi connectivity index (χ0n) is 6.33. The van der Waals surface area contributed by atoms with Crippen LogP contribution in [0.4, 0.5) is 0 Å². The van der Waals surface area contributed by atoms with Gasteiger partial charge in [-0.15, -0.1) is 0 Å². The number of hydrogen-bond donors (Lipinski definition) is 0. The Morgan fingerprint density at radius 1 is 1.60 bits per heavy atom. The van der Waals surface area contributed by atoms with E-state index in [0.717, 1.165) is 18.8 Å². The van der Waals surface area contributed by atoms with Gasteiger partial charge in [-0.1, -0.05) is 13.8 Å². The molecule has 0 saturated carbocycles. The summed E-state index contributed by atoms with van der Waals surface area (Å²) in [5, 5.41) is 4.10. The minimum Gasteiger partial charge on any atom is -0.250 e. The maximum absolute atomic E-state index is 4.14. The van der Waals surface area contributed by atoms with Crippen molar-refractivity contribution in [1.82, 2.24) is 14.8 Å². The van der Waals surface area contributed by atoms with Crippen LogP contribution in [0.1, 0.15) is 19.7 Å². The molecule has 0 aromatic carbocycles. The average molecular weight is 137 g/mol. The molecule has 0 N–H and O–H groups in total. The van der Waals surface area contributed by atoms with Crippen molar-refractivity contribution in [2.24, 2.45) is 5.41 Å². The summed E-state index contributed by atoms with van der Waals surface area (Å²) in [4.78, 5) is 4.14. The van der Waals surface area contributed by atoms with E-state index in [-0.39, 0.29) is 0 Å². The van der Waals surface area contributed by atoms with Gasteiger partial charge in [0.1, 0.15) is 12.2 Å². The first-order valence-electron chi connectivity index (χ1n) is 3.54. The summed E-state index contributed by atoms with van der Waals surface area (Å²) < 4.78 is 1.99. The number of fused-ring (bicyclic) bond motifs is 1. The Morgan fingerprint density at radius 2 is 2.40 bits per heavy atom. The van der Waals surface area contributed by atoms with Crippen LogP contribution in [0.2, 0.25) is 0 Å². The lowest BCUT2D eigenvalue weighted by Crippen LogP contribution is -2.12. The molecular weight excluding hydrogens is 126 g/mol. The van der Waals surface area contributed by atoms with E-state index in [1.54, 1.807) is 6.33 Å². The molecule has 1 aliphatic rings. The summed E-state index contributed by atoms with van der Waals surface area (Å²) in [7, 11) is 0. The van der Waals surface area contributed by atoms with E-state index >= 15 is 0 Å². The summed E-state index contributed by atoms with van der Waals surface area (Å²) in [5.41, 5.74) is 0.372. The SMILES string of the molecule is CC1(C)Cc2ncnn2C1. The Labute approximate surface area is 60.1 Å². The van der Waals surface area contributed by atoms with Crippen molar-refractivity contribution < 1.29 is 0 Å². The van der Waals surface area contributed by atoms with E-state index in [4.69, 9.17) is 0 Å². The van der Waals surface area contributed by atoms with Gasteiger partial charge in [0.2, 0.25) is 0 Å². The molecular formula is C7H11N3. The lowest BCUT2D eigenvalue weighted by atomic mass is 9.92. The highest BCUT2D eigenvalue weighted by Gasteiger charge is 2.29. The van der Waals surface area contributed by atoms with Crippen LogP contribution in [0.5, 0.6) is 0 Å². The third-order valence-electron chi connectivity index (χ3n) is 1.91. The Morgan fingerprint density at radius 3 is 3.10 bits per heavy atom.